The molecule has 32 heavy (non-hydrogen) atoms. The Kier molecular flexibility index (Phi) is 6.51. The van der Waals surface area contributed by atoms with Gasteiger partial charge in [-0.15, -0.1) is 0 Å². The minimum absolute atomic E-state index is 0.260. The number of fused-ring (bicyclic) bond motifs is 1. The summed E-state index contributed by atoms with van der Waals surface area (Å²) >= 11 is 0. The number of hydrogen-bond acceptors (Lipinski definition) is 4. The molecule has 0 spiro atoms. The summed E-state index contributed by atoms with van der Waals surface area (Å²) in [5.41, 5.74) is 0.793. The van der Waals surface area contributed by atoms with Crippen LogP contribution in [0.2, 0.25) is 0 Å². The SMILES string of the molecule is CC[C@H](Oc1cccc2ccccc12)C(=O)Nc1ccccc1C(=O)NCc1ccco1. The normalized spacial score (nSPS) is 11.7. The van der Waals surface area contributed by atoms with Crippen LogP contribution in [-0.2, 0) is 11.3 Å². The summed E-state index contributed by atoms with van der Waals surface area (Å²) in [5.74, 6) is 0.677. The summed E-state index contributed by atoms with van der Waals surface area (Å²) in [6, 6.07) is 24.1. The molecule has 0 aliphatic rings. The molecule has 1 heterocycles. The van der Waals surface area contributed by atoms with Crippen molar-refractivity contribution in [3.8, 4) is 5.75 Å². The lowest BCUT2D eigenvalue weighted by atomic mass is 10.1. The van der Waals surface area contributed by atoms with Gasteiger partial charge in [-0.3, -0.25) is 9.59 Å². The van der Waals surface area contributed by atoms with Gasteiger partial charge in [-0.2, -0.15) is 0 Å². The zero-order valence-corrected chi connectivity index (χ0v) is 17.7. The van der Waals surface area contributed by atoms with Crippen LogP contribution in [-0.4, -0.2) is 17.9 Å². The number of anilines is 1. The zero-order chi connectivity index (χ0) is 22.3. The number of hydrogen-bond donors (Lipinski definition) is 2. The molecule has 0 bridgehead atoms. The van der Waals surface area contributed by atoms with E-state index in [-0.39, 0.29) is 18.4 Å². The van der Waals surface area contributed by atoms with E-state index in [2.05, 4.69) is 10.6 Å². The van der Waals surface area contributed by atoms with Crippen molar-refractivity contribution in [2.75, 3.05) is 5.32 Å². The molecule has 0 unspecified atom stereocenters. The molecular weight excluding hydrogens is 404 g/mol. The fraction of sp³-hybridized carbons (Fsp3) is 0.154. The monoisotopic (exact) mass is 428 g/mol. The maximum atomic E-state index is 13.0. The molecule has 1 atom stereocenters. The Morgan fingerprint density at radius 2 is 1.72 bits per heavy atom. The van der Waals surface area contributed by atoms with Gasteiger partial charge < -0.3 is 19.8 Å². The first kappa shape index (κ1) is 21.2. The van der Waals surface area contributed by atoms with Crippen LogP contribution in [0.1, 0.15) is 29.5 Å². The van der Waals surface area contributed by atoms with E-state index in [9.17, 15) is 9.59 Å². The van der Waals surface area contributed by atoms with E-state index in [4.69, 9.17) is 9.15 Å². The Balaban J connectivity index is 1.48. The number of carbonyl (C=O) groups is 2. The van der Waals surface area contributed by atoms with Crippen molar-refractivity contribution in [1.82, 2.24) is 5.32 Å². The summed E-state index contributed by atoms with van der Waals surface area (Å²) in [6.45, 7) is 2.15. The predicted molar refractivity (Wildman–Crippen MR) is 124 cm³/mol. The first-order chi connectivity index (χ1) is 15.7. The van der Waals surface area contributed by atoms with Crippen molar-refractivity contribution in [1.29, 1.82) is 0 Å². The van der Waals surface area contributed by atoms with Crippen LogP contribution in [0, 0.1) is 0 Å². The van der Waals surface area contributed by atoms with E-state index < -0.39 is 6.10 Å². The lowest BCUT2D eigenvalue weighted by Crippen LogP contribution is -2.33. The van der Waals surface area contributed by atoms with Crippen molar-refractivity contribution >= 4 is 28.3 Å². The number of para-hydroxylation sites is 1. The topological polar surface area (TPSA) is 80.6 Å². The van der Waals surface area contributed by atoms with E-state index in [0.717, 1.165) is 10.8 Å². The van der Waals surface area contributed by atoms with Crippen LogP contribution in [0.5, 0.6) is 5.75 Å². The van der Waals surface area contributed by atoms with Gasteiger partial charge in [-0.1, -0.05) is 55.5 Å². The third kappa shape index (κ3) is 4.81. The average molecular weight is 428 g/mol. The van der Waals surface area contributed by atoms with Crippen molar-refractivity contribution in [2.24, 2.45) is 0 Å². The molecule has 0 fully saturated rings. The Morgan fingerprint density at radius 3 is 2.53 bits per heavy atom. The van der Waals surface area contributed by atoms with Gasteiger partial charge in [0.2, 0.25) is 0 Å². The first-order valence-corrected chi connectivity index (χ1v) is 10.5. The minimum Gasteiger partial charge on any atom is -0.480 e. The predicted octanol–water partition coefficient (Wildman–Crippen LogP) is 5.16. The quantitative estimate of drug-likeness (QED) is 0.406. The van der Waals surface area contributed by atoms with Gasteiger partial charge in [0.1, 0.15) is 11.5 Å². The number of amides is 2. The van der Waals surface area contributed by atoms with Gasteiger partial charge in [0.25, 0.3) is 11.8 Å². The number of benzene rings is 3. The number of ether oxygens (including phenoxy) is 1. The summed E-state index contributed by atoms with van der Waals surface area (Å²) < 4.78 is 11.3. The fourth-order valence-electron chi connectivity index (χ4n) is 3.45. The van der Waals surface area contributed by atoms with Gasteiger partial charge in [-0.25, -0.2) is 0 Å². The van der Waals surface area contributed by atoms with Crippen LogP contribution >= 0.6 is 0 Å². The fourth-order valence-corrected chi connectivity index (χ4v) is 3.45. The molecule has 6 nitrogen and oxygen atoms in total. The van der Waals surface area contributed by atoms with Gasteiger partial charge in [-0.05, 0) is 42.1 Å². The van der Waals surface area contributed by atoms with Crippen molar-refractivity contribution in [3.05, 3.63) is 96.4 Å². The molecule has 4 rings (SSSR count). The Morgan fingerprint density at radius 1 is 0.938 bits per heavy atom. The van der Waals surface area contributed by atoms with Crippen LogP contribution in [0.15, 0.2) is 89.5 Å². The standard InChI is InChI=1S/C26H24N2O4/c1-2-23(32-24-15-7-10-18-9-3-4-12-20(18)24)26(30)28-22-14-6-5-13-21(22)25(29)27-17-19-11-8-16-31-19/h3-16,23H,2,17H2,1H3,(H,27,29)(H,28,30)/t23-/m0/s1. The smallest absolute Gasteiger partial charge is 0.265 e. The molecule has 0 saturated carbocycles. The molecule has 4 aromatic rings. The Bertz CT molecular complexity index is 1210. The third-order valence-corrected chi connectivity index (χ3v) is 5.11. The molecule has 0 saturated heterocycles. The molecule has 2 amide bonds. The van der Waals surface area contributed by atoms with E-state index in [1.807, 2.05) is 49.4 Å². The van der Waals surface area contributed by atoms with E-state index in [0.29, 0.717) is 29.2 Å². The third-order valence-electron chi connectivity index (χ3n) is 5.11. The van der Waals surface area contributed by atoms with Gasteiger partial charge in [0.15, 0.2) is 6.10 Å². The summed E-state index contributed by atoms with van der Waals surface area (Å²) in [5, 5.41) is 7.64. The van der Waals surface area contributed by atoms with Crippen LogP contribution in [0.3, 0.4) is 0 Å². The molecule has 0 radical (unpaired) electrons. The van der Waals surface area contributed by atoms with Crippen molar-refractivity contribution in [2.45, 2.75) is 26.0 Å². The van der Waals surface area contributed by atoms with Crippen molar-refractivity contribution in [3.63, 3.8) is 0 Å². The Labute approximate surface area is 186 Å². The summed E-state index contributed by atoms with van der Waals surface area (Å²) in [7, 11) is 0. The first-order valence-electron chi connectivity index (χ1n) is 10.5. The largest absolute Gasteiger partial charge is 0.480 e. The summed E-state index contributed by atoms with van der Waals surface area (Å²) in [6.07, 6.45) is 1.32. The second kappa shape index (κ2) is 9.83. The average Bonchev–Trinajstić information content (AvgIpc) is 3.35. The van der Waals surface area contributed by atoms with Gasteiger partial charge in [0, 0.05) is 5.39 Å². The highest BCUT2D eigenvalue weighted by Gasteiger charge is 2.21. The highest BCUT2D eigenvalue weighted by atomic mass is 16.5. The van der Waals surface area contributed by atoms with Gasteiger partial charge >= 0.3 is 0 Å². The molecular formula is C26H24N2O4. The van der Waals surface area contributed by atoms with Gasteiger partial charge in [0.05, 0.1) is 24.1 Å². The minimum atomic E-state index is -0.708. The molecule has 162 valence electrons. The molecule has 0 aliphatic heterocycles. The second-order valence-electron chi connectivity index (χ2n) is 7.29. The molecule has 6 heteroatoms. The van der Waals surface area contributed by atoms with E-state index in [1.165, 1.54) is 0 Å². The lowest BCUT2D eigenvalue weighted by Gasteiger charge is -2.19. The molecule has 0 aliphatic carbocycles. The molecule has 2 N–H and O–H groups in total. The van der Waals surface area contributed by atoms with Crippen LogP contribution < -0.4 is 15.4 Å². The Hall–Kier alpha value is -4.06. The zero-order valence-electron chi connectivity index (χ0n) is 17.7. The van der Waals surface area contributed by atoms with Crippen LogP contribution in [0.4, 0.5) is 5.69 Å². The highest BCUT2D eigenvalue weighted by molar-refractivity contribution is 6.04. The highest BCUT2D eigenvalue weighted by Crippen LogP contribution is 2.27. The summed E-state index contributed by atoms with van der Waals surface area (Å²) in [4.78, 5) is 25.7. The van der Waals surface area contributed by atoms with Crippen molar-refractivity contribution < 1.29 is 18.7 Å². The number of furan rings is 1. The molecule has 3 aromatic carbocycles. The van der Waals surface area contributed by atoms with E-state index in [1.54, 1.807) is 42.7 Å². The van der Waals surface area contributed by atoms with Crippen LogP contribution in [0.25, 0.3) is 10.8 Å². The second-order valence-corrected chi connectivity index (χ2v) is 7.29. The lowest BCUT2D eigenvalue weighted by molar-refractivity contribution is -0.122. The number of nitrogens with one attached hydrogen (secondary N) is 2. The maximum Gasteiger partial charge on any atom is 0.265 e. The van der Waals surface area contributed by atoms with E-state index >= 15 is 0 Å². The number of carbonyl (C=O) groups excluding carboxylic acids is 2. The molecule has 1 aromatic heterocycles. The number of rotatable bonds is 8. The maximum absolute atomic E-state index is 13.0.